The van der Waals surface area contributed by atoms with Crippen LogP contribution in [0.25, 0.3) is 5.69 Å². The summed E-state index contributed by atoms with van der Waals surface area (Å²) in [6.07, 6.45) is 3.52. The summed E-state index contributed by atoms with van der Waals surface area (Å²) in [4.78, 5) is 0.127. The first-order valence-corrected chi connectivity index (χ1v) is 10.5. The minimum absolute atomic E-state index is 0.127. The molecule has 3 rings (SSSR count). The zero-order chi connectivity index (χ0) is 20.0. The lowest BCUT2D eigenvalue weighted by molar-refractivity contribution is 0.287. The topological polar surface area (TPSA) is 82.5 Å². The summed E-state index contributed by atoms with van der Waals surface area (Å²) in [5.41, 5.74) is 1.69. The van der Waals surface area contributed by atoms with Crippen LogP contribution in [0.3, 0.4) is 0 Å². The lowest BCUT2D eigenvalue weighted by atomic mass is 10.2. The Bertz CT molecular complexity index is 1020. The van der Waals surface area contributed by atoms with Crippen molar-refractivity contribution >= 4 is 10.0 Å². The Morgan fingerprint density at radius 3 is 2.50 bits per heavy atom. The van der Waals surface area contributed by atoms with Gasteiger partial charge >= 0.3 is 0 Å². The molecule has 0 amide bonds. The van der Waals surface area contributed by atoms with Gasteiger partial charge in [-0.1, -0.05) is 12.1 Å². The molecule has 28 heavy (non-hydrogen) atoms. The smallest absolute Gasteiger partial charge is 0.241 e. The second-order valence-corrected chi connectivity index (χ2v) is 7.69. The number of benzene rings is 2. The van der Waals surface area contributed by atoms with Crippen LogP contribution in [0, 0.1) is 0 Å². The van der Waals surface area contributed by atoms with Gasteiger partial charge in [-0.15, -0.1) is 0 Å². The molecule has 148 valence electrons. The summed E-state index contributed by atoms with van der Waals surface area (Å²) in [6.45, 7) is 4.74. The maximum atomic E-state index is 12.7. The summed E-state index contributed by atoms with van der Waals surface area (Å²) in [5, 5.41) is 4.19. The molecule has 0 fully saturated rings. The summed E-state index contributed by atoms with van der Waals surface area (Å²) < 4.78 is 40.8. The van der Waals surface area contributed by atoms with E-state index in [0.717, 1.165) is 11.3 Å². The van der Waals surface area contributed by atoms with E-state index in [9.17, 15) is 8.42 Å². The van der Waals surface area contributed by atoms with Crippen molar-refractivity contribution in [1.29, 1.82) is 0 Å². The molecular formula is C20H23N3O4S. The molecule has 0 aliphatic carbocycles. The Labute approximate surface area is 165 Å². The molecule has 8 heteroatoms. The van der Waals surface area contributed by atoms with Crippen LogP contribution in [0.5, 0.6) is 11.5 Å². The lowest BCUT2D eigenvalue weighted by Crippen LogP contribution is -2.23. The molecule has 7 nitrogen and oxygen atoms in total. The maximum absolute atomic E-state index is 12.7. The third-order valence-corrected chi connectivity index (χ3v) is 5.37. The molecule has 1 heterocycles. The van der Waals surface area contributed by atoms with E-state index in [-0.39, 0.29) is 11.4 Å². The molecular weight excluding hydrogens is 378 g/mol. The van der Waals surface area contributed by atoms with Gasteiger partial charge in [-0.05, 0) is 49.7 Å². The van der Waals surface area contributed by atoms with E-state index < -0.39 is 10.0 Å². The third-order valence-electron chi connectivity index (χ3n) is 3.97. The summed E-state index contributed by atoms with van der Waals surface area (Å²) in [7, 11) is -3.71. The Morgan fingerprint density at radius 2 is 1.79 bits per heavy atom. The molecule has 0 radical (unpaired) electrons. The van der Waals surface area contributed by atoms with E-state index in [0.29, 0.717) is 24.7 Å². The predicted molar refractivity (Wildman–Crippen MR) is 106 cm³/mol. The number of nitrogens with one attached hydrogen (secondary N) is 1. The Balaban J connectivity index is 1.77. The molecule has 1 N–H and O–H groups in total. The Morgan fingerprint density at radius 1 is 1.00 bits per heavy atom. The van der Waals surface area contributed by atoms with Crippen LogP contribution in [0.1, 0.15) is 19.4 Å². The summed E-state index contributed by atoms with van der Waals surface area (Å²) >= 11 is 0. The highest BCUT2D eigenvalue weighted by Crippen LogP contribution is 2.30. The van der Waals surface area contributed by atoms with Crippen LogP contribution < -0.4 is 14.2 Å². The van der Waals surface area contributed by atoms with Gasteiger partial charge in [0.25, 0.3) is 0 Å². The quantitative estimate of drug-likeness (QED) is 0.596. The van der Waals surface area contributed by atoms with Gasteiger partial charge in [0.2, 0.25) is 10.0 Å². The number of aromatic nitrogens is 2. The molecule has 3 aromatic rings. The zero-order valence-electron chi connectivity index (χ0n) is 15.8. The number of ether oxygens (including phenoxy) is 2. The number of nitrogens with zero attached hydrogens (tertiary/aromatic N) is 2. The first-order chi connectivity index (χ1) is 13.5. The van der Waals surface area contributed by atoms with Crippen molar-refractivity contribution in [2.24, 2.45) is 0 Å². The summed E-state index contributed by atoms with van der Waals surface area (Å²) in [5.74, 6) is 0.933. The van der Waals surface area contributed by atoms with Crippen molar-refractivity contribution in [2.45, 2.75) is 25.3 Å². The van der Waals surface area contributed by atoms with Crippen molar-refractivity contribution in [2.75, 3.05) is 13.2 Å². The average molecular weight is 401 g/mol. The first kappa shape index (κ1) is 19.9. The van der Waals surface area contributed by atoms with Crippen LogP contribution in [-0.2, 0) is 16.6 Å². The van der Waals surface area contributed by atoms with Crippen LogP contribution in [-0.4, -0.2) is 31.4 Å². The number of rotatable bonds is 9. The molecule has 0 bridgehead atoms. The molecule has 0 aliphatic rings. The fraction of sp³-hybridized carbons (Fsp3) is 0.250. The molecule has 2 aromatic carbocycles. The highest BCUT2D eigenvalue weighted by atomic mass is 32.2. The highest BCUT2D eigenvalue weighted by molar-refractivity contribution is 7.89. The molecule has 0 saturated carbocycles. The van der Waals surface area contributed by atoms with Crippen LogP contribution in [0.4, 0.5) is 0 Å². The monoisotopic (exact) mass is 401 g/mol. The standard InChI is InChI=1S/C20H23N3O4S/c1-3-26-19-10-9-18(14-20(19)27-4-2)28(24,25)22-15-16-7-5-8-17(13-16)23-12-6-11-21-23/h5-14,22H,3-4,15H2,1-2H3. The number of sulfonamides is 1. The minimum Gasteiger partial charge on any atom is -0.490 e. The lowest BCUT2D eigenvalue weighted by Gasteiger charge is -2.13. The SMILES string of the molecule is CCOc1ccc(S(=O)(=O)NCc2cccc(-n3cccn3)c2)cc1OCC. The van der Waals surface area contributed by atoms with Crippen molar-refractivity contribution in [3.05, 3.63) is 66.5 Å². The Hall–Kier alpha value is -2.84. The third kappa shape index (κ3) is 4.71. The molecule has 0 aliphatic heterocycles. The fourth-order valence-electron chi connectivity index (χ4n) is 2.69. The van der Waals surface area contributed by atoms with E-state index in [1.165, 1.54) is 12.1 Å². The zero-order valence-corrected chi connectivity index (χ0v) is 16.6. The van der Waals surface area contributed by atoms with Gasteiger partial charge in [0.15, 0.2) is 11.5 Å². The van der Waals surface area contributed by atoms with Crippen LogP contribution >= 0.6 is 0 Å². The van der Waals surface area contributed by atoms with Crippen molar-refractivity contribution in [3.63, 3.8) is 0 Å². The average Bonchev–Trinajstić information content (AvgIpc) is 3.23. The predicted octanol–water partition coefficient (Wildman–Crippen LogP) is 3.15. The minimum atomic E-state index is -3.71. The Kier molecular flexibility index (Phi) is 6.33. The van der Waals surface area contributed by atoms with Crippen molar-refractivity contribution in [1.82, 2.24) is 14.5 Å². The second kappa shape index (κ2) is 8.90. The van der Waals surface area contributed by atoms with E-state index in [4.69, 9.17) is 9.47 Å². The van der Waals surface area contributed by atoms with Crippen molar-refractivity contribution < 1.29 is 17.9 Å². The van der Waals surface area contributed by atoms with Crippen LogP contribution in [0.15, 0.2) is 65.8 Å². The summed E-state index contributed by atoms with van der Waals surface area (Å²) in [6, 6.07) is 14.0. The first-order valence-electron chi connectivity index (χ1n) is 9.01. The van der Waals surface area contributed by atoms with E-state index >= 15 is 0 Å². The highest BCUT2D eigenvalue weighted by Gasteiger charge is 2.17. The molecule has 0 saturated heterocycles. The largest absolute Gasteiger partial charge is 0.490 e. The maximum Gasteiger partial charge on any atom is 0.241 e. The van der Waals surface area contributed by atoms with Gasteiger partial charge in [0.05, 0.1) is 23.8 Å². The van der Waals surface area contributed by atoms with E-state index in [1.807, 2.05) is 50.4 Å². The molecule has 0 atom stereocenters. The van der Waals surface area contributed by atoms with Gasteiger partial charge in [0.1, 0.15) is 0 Å². The van der Waals surface area contributed by atoms with E-state index in [2.05, 4.69) is 9.82 Å². The molecule has 0 unspecified atom stereocenters. The van der Waals surface area contributed by atoms with Gasteiger partial charge in [-0.25, -0.2) is 17.8 Å². The van der Waals surface area contributed by atoms with Gasteiger partial charge in [-0.2, -0.15) is 5.10 Å². The fourth-order valence-corrected chi connectivity index (χ4v) is 3.72. The number of hydrogen-bond donors (Lipinski definition) is 1. The van der Waals surface area contributed by atoms with Crippen LogP contribution in [0.2, 0.25) is 0 Å². The van der Waals surface area contributed by atoms with Gasteiger partial charge in [0, 0.05) is 25.0 Å². The van der Waals surface area contributed by atoms with Gasteiger partial charge in [-0.3, -0.25) is 0 Å². The molecule has 1 aromatic heterocycles. The van der Waals surface area contributed by atoms with E-state index in [1.54, 1.807) is 16.9 Å². The van der Waals surface area contributed by atoms with Gasteiger partial charge < -0.3 is 9.47 Å². The van der Waals surface area contributed by atoms with Crippen molar-refractivity contribution in [3.8, 4) is 17.2 Å². The normalized spacial score (nSPS) is 11.4. The second-order valence-electron chi connectivity index (χ2n) is 5.92. The number of hydrogen-bond acceptors (Lipinski definition) is 5. The molecule has 0 spiro atoms.